The van der Waals surface area contributed by atoms with Crippen LogP contribution in [0, 0.1) is 5.41 Å². The highest BCUT2D eigenvalue weighted by Crippen LogP contribution is 2.32. The van der Waals surface area contributed by atoms with Gasteiger partial charge in [0.1, 0.15) is 0 Å². The van der Waals surface area contributed by atoms with Crippen molar-refractivity contribution in [2.75, 3.05) is 45.2 Å². The summed E-state index contributed by atoms with van der Waals surface area (Å²) in [6.07, 6.45) is 2.06. The molecule has 1 fully saturated rings. The molecule has 0 aliphatic carbocycles. The normalized spacial score (nSPS) is 20.6. The number of rotatable bonds is 10. The number of aliphatic hydroxyl groups excluding tert-OH is 1. The van der Waals surface area contributed by atoms with E-state index in [-0.39, 0.29) is 17.8 Å². The van der Waals surface area contributed by atoms with E-state index in [1.807, 2.05) is 6.92 Å². The van der Waals surface area contributed by atoms with E-state index >= 15 is 0 Å². The van der Waals surface area contributed by atoms with Crippen LogP contribution in [0.1, 0.15) is 26.2 Å². The smallest absolute Gasteiger partial charge is 0.191 e. The first kappa shape index (κ1) is 21.7. The lowest BCUT2D eigenvalue weighted by molar-refractivity contribution is 0.131. The number of sulfone groups is 1. The van der Waals surface area contributed by atoms with E-state index in [0.29, 0.717) is 50.0 Å². The van der Waals surface area contributed by atoms with E-state index in [4.69, 9.17) is 4.74 Å². The first-order valence-corrected chi connectivity index (χ1v) is 11.2. The molecule has 7 nitrogen and oxygen atoms in total. The van der Waals surface area contributed by atoms with Gasteiger partial charge in [0.15, 0.2) is 15.8 Å². The lowest BCUT2D eigenvalue weighted by Gasteiger charge is -2.24. The third-order valence-electron chi connectivity index (χ3n) is 4.73. The fourth-order valence-electron chi connectivity index (χ4n) is 3.09. The quantitative estimate of drug-likeness (QED) is 0.312. The molecule has 0 aromatic heterocycles. The summed E-state index contributed by atoms with van der Waals surface area (Å²) in [5.74, 6) is 0.755. The van der Waals surface area contributed by atoms with E-state index in [0.717, 1.165) is 13.0 Å². The number of benzene rings is 1. The third kappa shape index (κ3) is 6.79. The van der Waals surface area contributed by atoms with Gasteiger partial charge in [-0.25, -0.2) is 8.42 Å². The molecule has 1 heterocycles. The van der Waals surface area contributed by atoms with Crippen molar-refractivity contribution in [2.45, 2.75) is 31.1 Å². The Morgan fingerprint density at radius 1 is 1.30 bits per heavy atom. The maximum absolute atomic E-state index is 12.3. The number of aliphatic hydroxyl groups is 1. The number of nitrogens with one attached hydrogen (secondary N) is 2. The molecule has 1 aliphatic rings. The summed E-state index contributed by atoms with van der Waals surface area (Å²) in [6, 6.07) is 8.52. The van der Waals surface area contributed by atoms with E-state index in [2.05, 4.69) is 15.6 Å². The van der Waals surface area contributed by atoms with Gasteiger partial charge in [-0.05, 0) is 38.3 Å². The highest BCUT2D eigenvalue weighted by atomic mass is 32.2. The molecule has 2 rings (SSSR count). The average Bonchev–Trinajstić information content (AvgIpc) is 3.13. The Morgan fingerprint density at radius 3 is 2.70 bits per heavy atom. The zero-order chi connectivity index (χ0) is 19.6. The van der Waals surface area contributed by atoms with Crippen molar-refractivity contribution in [3.8, 4) is 0 Å². The Kier molecular flexibility index (Phi) is 8.53. The largest absolute Gasteiger partial charge is 0.396 e. The van der Waals surface area contributed by atoms with Crippen LogP contribution in [0.15, 0.2) is 40.2 Å². The van der Waals surface area contributed by atoms with Crippen LogP contribution < -0.4 is 10.6 Å². The fraction of sp³-hybridized carbons (Fsp3) is 0.632. The van der Waals surface area contributed by atoms with Crippen molar-refractivity contribution in [1.82, 2.24) is 10.6 Å². The summed E-state index contributed by atoms with van der Waals surface area (Å²) >= 11 is 0. The molecule has 1 unspecified atom stereocenters. The van der Waals surface area contributed by atoms with Crippen molar-refractivity contribution in [3.63, 3.8) is 0 Å². The Balaban J connectivity index is 1.85. The average molecular weight is 398 g/mol. The van der Waals surface area contributed by atoms with Crippen molar-refractivity contribution in [2.24, 2.45) is 10.4 Å². The molecule has 1 aromatic rings. The van der Waals surface area contributed by atoms with Gasteiger partial charge in [0, 0.05) is 31.7 Å². The summed E-state index contributed by atoms with van der Waals surface area (Å²) in [5, 5.41) is 15.7. The predicted octanol–water partition coefficient (Wildman–Crippen LogP) is 1.19. The zero-order valence-corrected chi connectivity index (χ0v) is 16.8. The molecule has 3 N–H and O–H groups in total. The van der Waals surface area contributed by atoms with E-state index in [1.165, 1.54) is 0 Å². The van der Waals surface area contributed by atoms with Crippen LogP contribution in [-0.2, 0) is 14.6 Å². The molecule has 1 atom stereocenters. The molecule has 152 valence electrons. The Labute approximate surface area is 162 Å². The standard InChI is InChI=1S/C19H31N3O4S/c1-2-20-18(22-15-19(9-12-23)10-13-26-16-19)21-11-6-14-27(24,25)17-7-4-3-5-8-17/h3-5,7-8,23H,2,6,9-16H2,1H3,(H2,20,21,22). The summed E-state index contributed by atoms with van der Waals surface area (Å²) in [4.78, 5) is 4.99. The van der Waals surface area contributed by atoms with Crippen LogP contribution in [0.5, 0.6) is 0 Å². The predicted molar refractivity (Wildman–Crippen MR) is 107 cm³/mol. The maximum Gasteiger partial charge on any atom is 0.191 e. The summed E-state index contributed by atoms with van der Waals surface area (Å²) in [5.41, 5.74) is -0.103. The highest BCUT2D eigenvalue weighted by molar-refractivity contribution is 7.91. The lowest BCUT2D eigenvalue weighted by atomic mass is 9.84. The van der Waals surface area contributed by atoms with Crippen LogP contribution >= 0.6 is 0 Å². The highest BCUT2D eigenvalue weighted by Gasteiger charge is 2.34. The number of hydrogen-bond acceptors (Lipinski definition) is 5. The molecular weight excluding hydrogens is 366 g/mol. The van der Waals surface area contributed by atoms with E-state index < -0.39 is 9.84 Å². The molecule has 0 spiro atoms. The molecule has 0 radical (unpaired) electrons. The van der Waals surface area contributed by atoms with Crippen molar-refractivity contribution in [3.05, 3.63) is 30.3 Å². The second kappa shape index (κ2) is 10.6. The number of ether oxygens (including phenoxy) is 1. The van der Waals surface area contributed by atoms with Crippen molar-refractivity contribution < 1.29 is 18.3 Å². The molecule has 1 aromatic carbocycles. The van der Waals surface area contributed by atoms with Crippen molar-refractivity contribution in [1.29, 1.82) is 0 Å². The number of hydrogen-bond donors (Lipinski definition) is 3. The van der Waals surface area contributed by atoms with Gasteiger partial charge >= 0.3 is 0 Å². The monoisotopic (exact) mass is 397 g/mol. The van der Waals surface area contributed by atoms with Gasteiger partial charge in [0.2, 0.25) is 0 Å². The summed E-state index contributed by atoms with van der Waals surface area (Å²) in [7, 11) is -3.26. The van der Waals surface area contributed by atoms with Crippen LogP contribution in [0.25, 0.3) is 0 Å². The van der Waals surface area contributed by atoms with Gasteiger partial charge in [-0.15, -0.1) is 0 Å². The van der Waals surface area contributed by atoms with Gasteiger partial charge in [0.05, 0.1) is 23.8 Å². The second-order valence-electron chi connectivity index (χ2n) is 6.88. The van der Waals surface area contributed by atoms with Crippen LogP contribution in [0.3, 0.4) is 0 Å². The first-order chi connectivity index (χ1) is 13.0. The van der Waals surface area contributed by atoms with Gasteiger partial charge in [0.25, 0.3) is 0 Å². The zero-order valence-electron chi connectivity index (χ0n) is 16.0. The van der Waals surface area contributed by atoms with Gasteiger partial charge < -0.3 is 20.5 Å². The van der Waals surface area contributed by atoms with Gasteiger partial charge in [-0.1, -0.05) is 18.2 Å². The lowest BCUT2D eigenvalue weighted by Crippen LogP contribution is -2.39. The Bertz CT molecular complexity index is 686. The minimum atomic E-state index is -3.26. The molecule has 0 bridgehead atoms. The molecule has 8 heteroatoms. The number of guanidine groups is 1. The van der Waals surface area contributed by atoms with Crippen LogP contribution in [-0.4, -0.2) is 64.7 Å². The molecule has 0 amide bonds. The molecule has 1 saturated heterocycles. The van der Waals surface area contributed by atoms with Gasteiger partial charge in [-0.2, -0.15) is 0 Å². The maximum atomic E-state index is 12.3. The SMILES string of the molecule is CCNC(=NCC1(CCO)CCOC1)NCCCS(=O)(=O)c1ccccc1. The topological polar surface area (TPSA) is 100 Å². The molecule has 1 aliphatic heterocycles. The Hall–Kier alpha value is -1.64. The van der Waals surface area contributed by atoms with Crippen LogP contribution in [0.4, 0.5) is 0 Å². The minimum absolute atomic E-state index is 0.0890. The fourth-order valence-corrected chi connectivity index (χ4v) is 4.42. The van der Waals surface area contributed by atoms with Crippen LogP contribution in [0.2, 0.25) is 0 Å². The third-order valence-corrected chi connectivity index (χ3v) is 6.55. The minimum Gasteiger partial charge on any atom is -0.396 e. The first-order valence-electron chi connectivity index (χ1n) is 9.50. The number of aliphatic imine (C=N–C) groups is 1. The summed E-state index contributed by atoms with van der Waals surface area (Å²) in [6.45, 7) is 5.24. The second-order valence-corrected chi connectivity index (χ2v) is 8.99. The number of nitrogens with zero attached hydrogens (tertiary/aromatic N) is 1. The van der Waals surface area contributed by atoms with E-state index in [9.17, 15) is 13.5 Å². The molecule has 27 heavy (non-hydrogen) atoms. The van der Waals surface area contributed by atoms with Crippen molar-refractivity contribution >= 4 is 15.8 Å². The Morgan fingerprint density at radius 2 is 2.07 bits per heavy atom. The van der Waals surface area contributed by atoms with Gasteiger partial charge in [-0.3, -0.25) is 4.99 Å². The summed E-state index contributed by atoms with van der Waals surface area (Å²) < 4.78 is 30.1. The molecule has 0 saturated carbocycles. The van der Waals surface area contributed by atoms with E-state index in [1.54, 1.807) is 30.3 Å². The molecular formula is C19H31N3O4S.